The van der Waals surface area contributed by atoms with E-state index in [1.54, 1.807) is 12.4 Å². The molecule has 0 aliphatic carbocycles. The first-order chi connectivity index (χ1) is 13.6. The molecule has 4 rings (SSSR count). The Labute approximate surface area is 165 Å². The Kier molecular flexibility index (Phi) is 5.36. The maximum Gasteiger partial charge on any atom is 0.270 e. The molecule has 2 aromatic rings. The summed E-state index contributed by atoms with van der Waals surface area (Å²) < 4.78 is 0. The third kappa shape index (κ3) is 3.90. The normalized spacial score (nSPS) is 19.3. The molecule has 0 spiro atoms. The number of rotatable bonds is 5. The highest BCUT2D eigenvalue weighted by Gasteiger charge is 2.26. The molecular weight excluding hydrogens is 354 g/mol. The first-order valence-electron chi connectivity index (χ1n) is 10.1. The van der Waals surface area contributed by atoms with Crippen LogP contribution in [0.2, 0.25) is 0 Å². The quantitative estimate of drug-likeness (QED) is 0.818. The molecule has 2 N–H and O–H groups in total. The van der Waals surface area contributed by atoms with E-state index >= 15 is 0 Å². The summed E-state index contributed by atoms with van der Waals surface area (Å²) in [5, 5.41) is 6.42. The number of fused-ring (bicyclic) bond motifs is 1. The Morgan fingerprint density at radius 3 is 2.89 bits per heavy atom. The van der Waals surface area contributed by atoms with Crippen molar-refractivity contribution in [3.63, 3.8) is 0 Å². The summed E-state index contributed by atoms with van der Waals surface area (Å²) in [6, 6.07) is 1.84. The highest BCUT2D eigenvalue weighted by molar-refractivity contribution is 5.96. The summed E-state index contributed by atoms with van der Waals surface area (Å²) in [4.78, 5) is 32.5. The number of nitrogens with zero attached hydrogens (tertiary/aromatic N) is 5. The van der Waals surface area contributed by atoms with Gasteiger partial charge in [-0.3, -0.25) is 4.79 Å². The minimum absolute atomic E-state index is 0.0985. The van der Waals surface area contributed by atoms with E-state index in [1.165, 1.54) is 0 Å². The van der Waals surface area contributed by atoms with Gasteiger partial charge in [-0.15, -0.1) is 0 Å². The Morgan fingerprint density at radius 1 is 1.29 bits per heavy atom. The van der Waals surface area contributed by atoms with E-state index in [2.05, 4.69) is 30.5 Å². The summed E-state index contributed by atoms with van der Waals surface area (Å²) in [5.41, 5.74) is 1.46. The van der Waals surface area contributed by atoms with Crippen molar-refractivity contribution >= 4 is 17.7 Å². The van der Waals surface area contributed by atoms with Gasteiger partial charge in [-0.2, -0.15) is 0 Å². The molecule has 1 atom stereocenters. The maximum atomic E-state index is 12.3. The standard InChI is InChI=1S/C20H27N7O/c1-13(2)17-25-16-15(6-9-21-19(16)28)18(26-17)24-11-14-5-3-10-27(12-14)20-22-7-4-8-23-20/h4,7-8,13-14H,3,5-6,9-12H2,1-2H3,(H,21,28)(H,24,25,26). The molecule has 0 aromatic carbocycles. The van der Waals surface area contributed by atoms with Gasteiger partial charge in [0.25, 0.3) is 5.91 Å². The average Bonchev–Trinajstić information content (AvgIpc) is 2.73. The van der Waals surface area contributed by atoms with Gasteiger partial charge in [-0.05, 0) is 31.2 Å². The minimum atomic E-state index is -0.0985. The van der Waals surface area contributed by atoms with E-state index in [0.29, 0.717) is 24.0 Å². The molecule has 1 amide bonds. The van der Waals surface area contributed by atoms with E-state index in [-0.39, 0.29) is 11.8 Å². The number of carbonyl (C=O) groups is 1. The zero-order valence-corrected chi connectivity index (χ0v) is 16.5. The Morgan fingerprint density at radius 2 is 2.11 bits per heavy atom. The zero-order valence-electron chi connectivity index (χ0n) is 16.5. The van der Waals surface area contributed by atoms with Gasteiger partial charge in [0.15, 0.2) is 0 Å². The van der Waals surface area contributed by atoms with Crippen LogP contribution in [0, 0.1) is 5.92 Å². The lowest BCUT2D eigenvalue weighted by Crippen LogP contribution is -2.39. The summed E-state index contributed by atoms with van der Waals surface area (Å²) in [6.45, 7) is 7.44. The molecule has 2 aliphatic rings. The third-order valence-electron chi connectivity index (χ3n) is 5.33. The van der Waals surface area contributed by atoms with Gasteiger partial charge >= 0.3 is 0 Å². The SMILES string of the molecule is CC(C)c1nc(NCC2CCCN(c3ncccn3)C2)c2c(n1)C(=O)NCC2. The van der Waals surface area contributed by atoms with Gasteiger partial charge in [0, 0.05) is 50.1 Å². The monoisotopic (exact) mass is 381 g/mol. The number of carbonyl (C=O) groups excluding carboxylic acids is 1. The lowest BCUT2D eigenvalue weighted by molar-refractivity contribution is 0.0940. The van der Waals surface area contributed by atoms with Gasteiger partial charge in [-0.25, -0.2) is 19.9 Å². The molecule has 8 heteroatoms. The van der Waals surface area contributed by atoms with Crippen LogP contribution in [0.25, 0.3) is 0 Å². The molecule has 0 radical (unpaired) electrons. The molecule has 148 valence electrons. The molecule has 4 heterocycles. The first kappa shape index (κ1) is 18.6. The van der Waals surface area contributed by atoms with Gasteiger partial charge in [0.1, 0.15) is 17.3 Å². The van der Waals surface area contributed by atoms with Crippen molar-refractivity contribution in [2.24, 2.45) is 5.92 Å². The topological polar surface area (TPSA) is 95.9 Å². The van der Waals surface area contributed by atoms with Crippen LogP contribution in [0.4, 0.5) is 11.8 Å². The number of piperidine rings is 1. The molecule has 28 heavy (non-hydrogen) atoms. The van der Waals surface area contributed by atoms with Gasteiger partial charge < -0.3 is 15.5 Å². The van der Waals surface area contributed by atoms with Crippen LogP contribution in [-0.4, -0.2) is 52.0 Å². The average molecular weight is 381 g/mol. The van der Waals surface area contributed by atoms with Crippen molar-refractivity contribution in [3.05, 3.63) is 35.5 Å². The molecule has 1 saturated heterocycles. The van der Waals surface area contributed by atoms with Crippen molar-refractivity contribution in [1.82, 2.24) is 25.3 Å². The summed E-state index contributed by atoms with van der Waals surface area (Å²) in [6.07, 6.45) is 6.61. The van der Waals surface area contributed by atoms with E-state index in [1.807, 2.05) is 19.9 Å². The van der Waals surface area contributed by atoms with Crippen LogP contribution < -0.4 is 15.5 Å². The molecule has 2 aliphatic heterocycles. The zero-order chi connectivity index (χ0) is 19.5. The number of anilines is 2. The number of hydrogen-bond donors (Lipinski definition) is 2. The maximum absolute atomic E-state index is 12.3. The van der Waals surface area contributed by atoms with Crippen LogP contribution in [-0.2, 0) is 6.42 Å². The first-order valence-corrected chi connectivity index (χ1v) is 10.1. The van der Waals surface area contributed by atoms with Crippen LogP contribution in [0.5, 0.6) is 0 Å². The third-order valence-corrected chi connectivity index (χ3v) is 5.33. The van der Waals surface area contributed by atoms with Crippen molar-refractivity contribution < 1.29 is 4.79 Å². The summed E-state index contributed by atoms with van der Waals surface area (Å²) in [5.74, 6) is 2.87. The van der Waals surface area contributed by atoms with Crippen LogP contribution in [0.15, 0.2) is 18.5 Å². The van der Waals surface area contributed by atoms with Crippen LogP contribution >= 0.6 is 0 Å². The molecule has 2 aromatic heterocycles. The second-order valence-electron chi connectivity index (χ2n) is 7.80. The predicted molar refractivity (Wildman–Crippen MR) is 108 cm³/mol. The highest BCUT2D eigenvalue weighted by atomic mass is 16.1. The second-order valence-corrected chi connectivity index (χ2v) is 7.80. The fourth-order valence-corrected chi connectivity index (χ4v) is 3.82. The second kappa shape index (κ2) is 8.08. The Hall–Kier alpha value is -2.77. The molecule has 0 bridgehead atoms. The minimum Gasteiger partial charge on any atom is -0.369 e. The molecule has 1 unspecified atom stereocenters. The van der Waals surface area contributed by atoms with Crippen molar-refractivity contribution in [2.45, 2.75) is 39.0 Å². The number of amides is 1. The fourth-order valence-electron chi connectivity index (χ4n) is 3.82. The van der Waals surface area contributed by atoms with E-state index in [4.69, 9.17) is 4.98 Å². The summed E-state index contributed by atoms with van der Waals surface area (Å²) in [7, 11) is 0. The van der Waals surface area contributed by atoms with E-state index in [9.17, 15) is 4.79 Å². The number of aromatic nitrogens is 4. The van der Waals surface area contributed by atoms with E-state index < -0.39 is 0 Å². The lowest BCUT2D eigenvalue weighted by Gasteiger charge is -2.33. The molecule has 1 fully saturated rings. The molecule has 0 saturated carbocycles. The number of nitrogens with one attached hydrogen (secondary N) is 2. The fraction of sp³-hybridized carbons (Fsp3) is 0.550. The van der Waals surface area contributed by atoms with Crippen molar-refractivity contribution in [1.29, 1.82) is 0 Å². The van der Waals surface area contributed by atoms with Gasteiger partial charge in [0.2, 0.25) is 5.95 Å². The summed E-state index contributed by atoms with van der Waals surface area (Å²) >= 11 is 0. The van der Waals surface area contributed by atoms with Crippen LogP contribution in [0.1, 0.15) is 54.5 Å². The highest BCUT2D eigenvalue weighted by Crippen LogP contribution is 2.25. The van der Waals surface area contributed by atoms with Crippen molar-refractivity contribution in [2.75, 3.05) is 36.4 Å². The van der Waals surface area contributed by atoms with E-state index in [0.717, 1.165) is 56.2 Å². The van der Waals surface area contributed by atoms with Crippen molar-refractivity contribution in [3.8, 4) is 0 Å². The number of hydrogen-bond acceptors (Lipinski definition) is 7. The lowest BCUT2D eigenvalue weighted by atomic mass is 9.98. The van der Waals surface area contributed by atoms with Gasteiger partial charge in [-0.1, -0.05) is 13.8 Å². The van der Waals surface area contributed by atoms with Gasteiger partial charge in [0.05, 0.1) is 0 Å². The Balaban J connectivity index is 1.49. The largest absolute Gasteiger partial charge is 0.369 e. The smallest absolute Gasteiger partial charge is 0.270 e. The molecule has 8 nitrogen and oxygen atoms in total. The Bertz CT molecular complexity index is 840. The predicted octanol–water partition coefficient (Wildman–Crippen LogP) is 2.00. The molecular formula is C20H27N7O. The van der Waals surface area contributed by atoms with Crippen LogP contribution in [0.3, 0.4) is 0 Å².